The van der Waals surface area contributed by atoms with Crippen LogP contribution in [-0.4, -0.2) is 10.9 Å². The number of nitrogens with zero attached hydrogens (tertiary/aromatic N) is 1. The number of aryl methyl sites for hydroxylation is 2. The zero-order chi connectivity index (χ0) is 20.2. The van der Waals surface area contributed by atoms with Crippen molar-refractivity contribution < 1.29 is 4.79 Å². The summed E-state index contributed by atoms with van der Waals surface area (Å²) in [6.45, 7) is 4.07. The van der Waals surface area contributed by atoms with E-state index in [1.54, 1.807) is 11.8 Å². The molecule has 4 rings (SSSR count). The molecule has 3 nitrogen and oxygen atoms in total. The topological polar surface area (TPSA) is 42.0 Å². The molecular formula is C25H22N2OS. The fourth-order valence-electron chi connectivity index (χ4n) is 3.46. The van der Waals surface area contributed by atoms with Crippen LogP contribution < -0.4 is 5.32 Å². The van der Waals surface area contributed by atoms with Crippen LogP contribution in [0.1, 0.15) is 27.0 Å². The molecule has 1 amide bonds. The monoisotopic (exact) mass is 398 g/mol. The van der Waals surface area contributed by atoms with Gasteiger partial charge in [-0.25, -0.2) is 0 Å². The predicted molar refractivity (Wildman–Crippen MR) is 122 cm³/mol. The van der Waals surface area contributed by atoms with Gasteiger partial charge in [-0.1, -0.05) is 36.4 Å². The molecule has 144 valence electrons. The summed E-state index contributed by atoms with van der Waals surface area (Å²) in [6, 6.07) is 24.0. The van der Waals surface area contributed by atoms with Gasteiger partial charge in [-0.2, -0.15) is 0 Å². The lowest BCUT2D eigenvalue weighted by Gasteiger charge is -2.12. The van der Waals surface area contributed by atoms with Gasteiger partial charge < -0.3 is 5.32 Å². The number of carbonyl (C=O) groups excluding carboxylic acids is 1. The molecule has 0 fully saturated rings. The molecule has 0 saturated carbocycles. The van der Waals surface area contributed by atoms with Crippen LogP contribution >= 0.6 is 11.8 Å². The van der Waals surface area contributed by atoms with E-state index in [9.17, 15) is 4.79 Å². The van der Waals surface area contributed by atoms with Crippen LogP contribution in [0.2, 0.25) is 0 Å². The maximum atomic E-state index is 12.9. The van der Waals surface area contributed by atoms with Crippen molar-refractivity contribution in [2.24, 2.45) is 0 Å². The van der Waals surface area contributed by atoms with Crippen molar-refractivity contribution in [2.75, 3.05) is 5.32 Å². The van der Waals surface area contributed by atoms with Crippen molar-refractivity contribution in [3.05, 3.63) is 101 Å². The number of carbonyl (C=O) groups is 1. The number of para-hydroxylation sites is 1. The maximum absolute atomic E-state index is 12.9. The van der Waals surface area contributed by atoms with Crippen molar-refractivity contribution in [1.82, 2.24) is 4.98 Å². The number of benzene rings is 3. The van der Waals surface area contributed by atoms with E-state index >= 15 is 0 Å². The van der Waals surface area contributed by atoms with Gasteiger partial charge in [0.1, 0.15) is 0 Å². The minimum Gasteiger partial charge on any atom is -0.322 e. The Balaban J connectivity index is 1.56. The molecule has 0 spiro atoms. The Morgan fingerprint density at radius 1 is 0.931 bits per heavy atom. The lowest BCUT2D eigenvalue weighted by atomic mass is 10.1. The van der Waals surface area contributed by atoms with E-state index in [1.807, 2.05) is 80.7 Å². The van der Waals surface area contributed by atoms with Crippen LogP contribution in [0.3, 0.4) is 0 Å². The second-order valence-electron chi connectivity index (χ2n) is 7.10. The average molecular weight is 399 g/mol. The first-order valence-electron chi connectivity index (χ1n) is 9.54. The first-order chi connectivity index (χ1) is 14.1. The molecule has 0 bridgehead atoms. The number of aromatic nitrogens is 1. The van der Waals surface area contributed by atoms with Gasteiger partial charge in [0.2, 0.25) is 0 Å². The maximum Gasteiger partial charge on any atom is 0.256 e. The van der Waals surface area contributed by atoms with Crippen molar-refractivity contribution in [3.63, 3.8) is 0 Å². The highest BCUT2D eigenvalue weighted by atomic mass is 32.2. The number of hydrogen-bond acceptors (Lipinski definition) is 3. The molecule has 1 aromatic heterocycles. The molecule has 0 radical (unpaired) electrons. The molecule has 0 aliphatic rings. The molecule has 0 unspecified atom stereocenters. The van der Waals surface area contributed by atoms with Crippen molar-refractivity contribution in [1.29, 1.82) is 0 Å². The number of hydrogen-bond donors (Lipinski definition) is 1. The smallest absolute Gasteiger partial charge is 0.256 e. The van der Waals surface area contributed by atoms with Crippen LogP contribution in [-0.2, 0) is 5.75 Å². The molecule has 0 atom stereocenters. The molecule has 4 aromatic rings. The fourth-order valence-corrected chi connectivity index (χ4v) is 4.52. The van der Waals surface area contributed by atoms with Gasteiger partial charge in [-0.05, 0) is 66.9 Å². The molecule has 3 aromatic carbocycles. The molecule has 0 saturated heterocycles. The van der Waals surface area contributed by atoms with Gasteiger partial charge in [-0.15, -0.1) is 11.8 Å². The molecule has 1 heterocycles. The Kier molecular flexibility index (Phi) is 5.63. The van der Waals surface area contributed by atoms with Crippen molar-refractivity contribution in [3.8, 4) is 0 Å². The molecular weight excluding hydrogens is 376 g/mol. The van der Waals surface area contributed by atoms with E-state index in [4.69, 9.17) is 0 Å². The Morgan fingerprint density at radius 2 is 1.66 bits per heavy atom. The van der Waals surface area contributed by atoms with Crippen LogP contribution in [0.25, 0.3) is 10.9 Å². The van der Waals surface area contributed by atoms with Gasteiger partial charge in [0.15, 0.2) is 0 Å². The van der Waals surface area contributed by atoms with Crippen molar-refractivity contribution >= 4 is 34.3 Å². The molecule has 1 N–H and O–H groups in total. The zero-order valence-electron chi connectivity index (χ0n) is 16.5. The second kappa shape index (κ2) is 8.50. The number of amides is 1. The highest BCUT2D eigenvalue weighted by molar-refractivity contribution is 7.98. The standard InChI is InChI=1S/C25H22N2OS/c1-17-13-18(2)15-20(14-17)27-25(28)22-8-4-6-10-24(22)29-16-19-11-12-26-23-9-5-3-7-21(19)23/h3-15H,16H2,1-2H3,(H,27,28). The number of nitrogens with one attached hydrogen (secondary N) is 1. The quantitative estimate of drug-likeness (QED) is 0.396. The predicted octanol–water partition coefficient (Wildman–Crippen LogP) is 6.40. The van der Waals surface area contributed by atoms with Crippen molar-refractivity contribution in [2.45, 2.75) is 24.5 Å². The number of fused-ring (bicyclic) bond motifs is 1. The van der Waals surface area contributed by atoms with Crippen LogP contribution in [0.5, 0.6) is 0 Å². The molecule has 29 heavy (non-hydrogen) atoms. The minimum atomic E-state index is -0.0855. The molecule has 0 aliphatic heterocycles. The summed E-state index contributed by atoms with van der Waals surface area (Å²) in [6.07, 6.45) is 1.84. The fraction of sp³-hybridized carbons (Fsp3) is 0.120. The molecule has 4 heteroatoms. The number of rotatable bonds is 5. The van der Waals surface area contributed by atoms with E-state index < -0.39 is 0 Å². The van der Waals surface area contributed by atoms with E-state index in [0.29, 0.717) is 5.56 Å². The average Bonchev–Trinajstić information content (AvgIpc) is 2.71. The minimum absolute atomic E-state index is 0.0855. The largest absolute Gasteiger partial charge is 0.322 e. The second-order valence-corrected chi connectivity index (χ2v) is 8.12. The summed E-state index contributed by atoms with van der Waals surface area (Å²) in [7, 11) is 0. The first kappa shape index (κ1) is 19.2. The van der Waals surface area contributed by atoms with Gasteiger partial charge >= 0.3 is 0 Å². The lowest BCUT2D eigenvalue weighted by Crippen LogP contribution is -2.13. The normalized spacial score (nSPS) is 10.8. The van der Waals surface area contributed by atoms with Crippen LogP contribution in [0.4, 0.5) is 5.69 Å². The Labute approximate surface area is 175 Å². The Morgan fingerprint density at radius 3 is 2.48 bits per heavy atom. The zero-order valence-corrected chi connectivity index (χ0v) is 17.3. The summed E-state index contributed by atoms with van der Waals surface area (Å²) in [4.78, 5) is 18.3. The van der Waals surface area contributed by atoms with E-state index in [0.717, 1.165) is 38.4 Å². The summed E-state index contributed by atoms with van der Waals surface area (Å²) in [5.41, 5.74) is 5.99. The Hall–Kier alpha value is -3.11. The summed E-state index contributed by atoms with van der Waals surface area (Å²) < 4.78 is 0. The van der Waals surface area contributed by atoms with Crippen LogP contribution in [0.15, 0.2) is 83.9 Å². The van der Waals surface area contributed by atoms with Gasteiger partial charge in [0, 0.05) is 27.9 Å². The van der Waals surface area contributed by atoms with Gasteiger partial charge in [0.05, 0.1) is 11.1 Å². The summed E-state index contributed by atoms with van der Waals surface area (Å²) in [5, 5.41) is 4.20. The Bertz CT molecular complexity index is 1160. The lowest BCUT2D eigenvalue weighted by molar-refractivity contribution is 0.102. The van der Waals surface area contributed by atoms with E-state index in [-0.39, 0.29) is 5.91 Å². The highest BCUT2D eigenvalue weighted by Crippen LogP contribution is 2.29. The summed E-state index contributed by atoms with van der Waals surface area (Å²) >= 11 is 1.67. The number of anilines is 1. The van der Waals surface area contributed by atoms with Gasteiger partial charge in [-0.3, -0.25) is 9.78 Å². The SMILES string of the molecule is Cc1cc(C)cc(NC(=O)c2ccccc2SCc2ccnc3ccccc23)c1. The third-order valence-corrected chi connectivity index (χ3v) is 5.86. The number of thioether (sulfide) groups is 1. The summed E-state index contributed by atoms with van der Waals surface area (Å²) in [5.74, 6) is 0.689. The van der Waals surface area contributed by atoms with Crippen LogP contribution in [0, 0.1) is 13.8 Å². The third kappa shape index (κ3) is 4.49. The third-order valence-electron chi connectivity index (χ3n) is 4.73. The van der Waals surface area contributed by atoms with Gasteiger partial charge in [0.25, 0.3) is 5.91 Å². The first-order valence-corrected chi connectivity index (χ1v) is 10.5. The molecule has 0 aliphatic carbocycles. The highest BCUT2D eigenvalue weighted by Gasteiger charge is 2.13. The van der Waals surface area contributed by atoms with E-state index in [2.05, 4.69) is 22.4 Å². The number of pyridine rings is 1. The van der Waals surface area contributed by atoms with E-state index in [1.165, 1.54) is 5.56 Å².